The van der Waals surface area contributed by atoms with E-state index < -0.39 is 5.82 Å². The van der Waals surface area contributed by atoms with Gasteiger partial charge in [-0.2, -0.15) is 12.6 Å². The van der Waals surface area contributed by atoms with Crippen molar-refractivity contribution in [3.63, 3.8) is 0 Å². The van der Waals surface area contributed by atoms with Crippen molar-refractivity contribution in [2.24, 2.45) is 0 Å². The first-order valence-corrected chi connectivity index (χ1v) is 5.55. The molecule has 3 nitrogen and oxygen atoms in total. The van der Waals surface area contributed by atoms with Crippen molar-refractivity contribution in [2.75, 3.05) is 11.4 Å². The Morgan fingerprint density at radius 2 is 2.25 bits per heavy atom. The molecular weight excluding hydrogens is 253 g/mol. The van der Waals surface area contributed by atoms with Gasteiger partial charge in [-0.05, 0) is 6.07 Å². The van der Waals surface area contributed by atoms with Crippen molar-refractivity contribution >= 4 is 35.8 Å². The van der Waals surface area contributed by atoms with Crippen LogP contribution in [0.3, 0.4) is 0 Å². The lowest BCUT2D eigenvalue weighted by molar-refractivity contribution is -0.117. The lowest BCUT2D eigenvalue weighted by Gasteiger charge is -2.17. The number of carbonyl (C=O) groups excluding carboxylic acids is 1. The van der Waals surface area contributed by atoms with Crippen LogP contribution in [0.1, 0.15) is 6.42 Å². The Morgan fingerprint density at radius 3 is 2.81 bits per heavy atom. The summed E-state index contributed by atoms with van der Waals surface area (Å²) in [5, 5.41) is 9.20. The number of rotatable bonds is 1. The second-order valence-electron chi connectivity index (χ2n) is 3.62. The summed E-state index contributed by atoms with van der Waals surface area (Å²) in [6.07, 6.45) is 0.270. The molecule has 16 heavy (non-hydrogen) atoms. The molecule has 1 unspecified atom stereocenters. The van der Waals surface area contributed by atoms with E-state index in [0.717, 1.165) is 12.1 Å². The summed E-state index contributed by atoms with van der Waals surface area (Å²) in [5.41, 5.74) is 0.0449. The van der Waals surface area contributed by atoms with Crippen LogP contribution in [-0.4, -0.2) is 22.8 Å². The largest absolute Gasteiger partial charge is 0.506 e. The van der Waals surface area contributed by atoms with E-state index in [1.807, 2.05) is 0 Å². The van der Waals surface area contributed by atoms with E-state index in [-0.39, 0.29) is 34.0 Å². The molecule has 0 bridgehead atoms. The monoisotopic (exact) mass is 261 g/mol. The smallest absolute Gasteiger partial charge is 0.228 e. The highest BCUT2D eigenvalue weighted by atomic mass is 35.5. The van der Waals surface area contributed by atoms with Gasteiger partial charge in [-0.25, -0.2) is 4.39 Å². The number of phenols is 1. The predicted molar refractivity (Wildman–Crippen MR) is 62.8 cm³/mol. The van der Waals surface area contributed by atoms with Gasteiger partial charge in [0.25, 0.3) is 0 Å². The summed E-state index contributed by atoms with van der Waals surface area (Å²) >= 11 is 9.72. The van der Waals surface area contributed by atoms with Crippen LogP contribution in [0.15, 0.2) is 12.1 Å². The summed E-state index contributed by atoms with van der Waals surface area (Å²) in [7, 11) is 0. The maximum absolute atomic E-state index is 13.6. The average Bonchev–Trinajstić information content (AvgIpc) is 2.51. The van der Waals surface area contributed by atoms with Gasteiger partial charge in [-0.15, -0.1) is 0 Å². The van der Waals surface area contributed by atoms with Crippen LogP contribution in [0.5, 0.6) is 5.75 Å². The molecule has 86 valence electrons. The van der Waals surface area contributed by atoms with E-state index in [1.54, 1.807) is 0 Å². The van der Waals surface area contributed by atoms with Gasteiger partial charge < -0.3 is 10.0 Å². The maximum Gasteiger partial charge on any atom is 0.228 e. The Bertz CT molecular complexity index is 455. The molecule has 0 radical (unpaired) electrons. The van der Waals surface area contributed by atoms with Crippen molar-refractivity contribution in [2.45, 2.75) is 11.7 Å². The predicted octanol–water partition coefficient (Wildman–Crippen LogP) is 2.22. The summed E-state index contributed by atoms with van der Waals surface area (Å²) < 4.78 is 13.6. The van der Waals surface area contributed by atoms with Crippen LogP contribution in [0.4, 0.5) is 10.1 Å². The third-order valence-electron chi connectivity index (χ3n) is 2.41. The summed E-state index contributed by atoms with van der Waals surface area (Å²) in [6, 6.07) is 2.15. The average molecular weight is 262 g/mol. The van der Waals surface area contributed by atoms with Gasteiger partial charge in [0.05, 0.1) is 10.7 Å². The number of benzene rings is 1. The molecule has 1 aliphatic rings. The standard InChI is InChI=1S/C10H9ClFNO2S/c11-6-2-7(12)8(3-9(6)14)13-4-5(16)1-10(13)15/h2-3,5,14,16H,1,4H2. The molecule has 1 saturated heterocycles. The molecule has 0 aliphatic carbocycles. The summed E-state index contributed by atoms with van der Waals surface area (Å²) in [4.78, 5) is 12.8. The fraction of sp³-hybridized carbons (Fsp3) is 0.300. The number of aromatic hydroxyl groups is 1. The zero-order chi connectivity index (χ0) is 11.9. The Morgan fingerprint density at radius 1 is 1.56 bits per heavy atom. The van der Waals surface area contributed by atoms with Gasteiger partial charge in [0.1, 0.15) is 11.6 Å². The second-order valence-corrected chi connectivity index (χ2v) is 4.75. The lowest BCUT2D eigenvalue weighted by Crippen LogP contribution is -2.25. The maximum atomic E-state index is 13.6. The molecular formula is C10H9ClFNO2S. The first-order valence-electron chi connectivity index (χ1n) is 4.65. The zero-order valence-corrected chi connectivity index (χ0v) is 9.80. The number of hydrogen-bond acceptors (Lipinski definition) is 3. The quantitative estimate of drug-likeness (QED) is 0.761. The summed E-state index contributed by atoms with van der Waals surface area (Å²) in [5.74, 6) is -1.08. The van der Waals surface area contributed by atoms with Gasteiger partial charge in [0.2, 0.25) is 5.91 Å². The number of carbonyl (C=O) groups is 1. The van der Waals surface area contributed by atoms with Crippen LogP contribution in [0.25, 0.3) is 0 Å². The number of anilines is 1. The molecule has 0 spiro atoms. The Labute approximate surface area is 102 Å². The molecule has 1 aliphatic heterocycles. The Hall–Kier alpha value is -0.940. The topological polar surface area (TPSA) is 40.5 Å². The van der Waals surface area contributed by atoms with Gasteiger partial charge in [-0.3, -0.25) is 4.79 Å². The second kappa shape index (κ2) is 4.14. The number of halogens is 2. The van der Waals surface area contributed by atoms with Crippen LogP contribution >= 0.6 is 24.2 Å². The molecule has 1 N–H and O–H groups in total. The van der Waals surface area contributed by atoms with E-state index in [2.05, 4.69) is 12.6 Å². The van der Waals surface area contributed by atoms with E-state index in [4.69, 9.17) is 11.6 Å². The molecule has 2 rings (SSSR count). The van der Waals surface area contributed by atoms with Crippen LogP contribution in [0.2, 0.25) is 5.02 Å². The lowest BCUT2D eigenvalue weighted by atomic mass is 10.2. The number of nitrogens with zero attached hydrogens (tertiary/aromatic N) is 1. The first-order chi connectivity index (χ1) is 7.49. The molecule has 1 heterocycles. The van der Waals surface area contributed by atoms with Gasteiger partial charge >= 0.3 is 0 Å². The third kappa shape index (κ3) is 1.97. The molecule has 1 aromatic carbocycles. The normalized spacial score (nSPS) is 20.6. The molecule has 1 aromatic rings. The van der Waals surface area contributed by atoms with Crippen molar-refractivity contribution in [3.05, 3.63) is 23.0 Å². The summed E-state index contributed by atoms with van der Waals surface area (Å²) in [6.45, 7) is 0.333. The first kappa shape index (κ1) is 11.5. The van der Waals surface area contributed by atoms with Crippen molar-refractivity contribution in [3.8, 4) is 5.75 Å². The highest BCUT2D eigenvalue weighted by Gasteiger charge is 2.30. The van der Waals surface area contributed by atoms with Gasteiger partial charge in [0, 0.05) is 24.3 Å². The minimum atomic E-state index is -0.626. The minimum Gasteiger partial charge on any atom is -0.506 e. The Balaban J connectivity index is 2.41. The van der Waals surface area contributed by atoms with Gasteiger partial charge in [-0.1, -0.05) is 11.6 Å². The van der Waals surface area contributed by atoms with Crippen LogP contribution in [0, 0.1) is 5.82 Å². The molecule has 1 amide bonds. The number of hydrogen-bond donors (Lipinski definition) is 2. The van der Waals surface area contributed by atoms with E-state index >= 15 is 0 Å². The Kier molecular flexibility index (Phi) is 2.99. The number of phenolic OH excluding ortho intramolecular Hbond substituents is 1. The molecule has 0 saturated carbocycles. The SMILES string of the molecule is O=C1CC(S)CN1c1cc(O)c(Cl)cc1F. The third-order valence-corrected chi connectivity index (χ3v) is 3.06. The molecule has 1 fully saturated rings. The van der Waals surface area contributed by atoms with E-state index in [9.17, 15) is 14.3 Å². The van der Waals surface area contributed by atoms with Crippen molar-refractivity contribution in [1.29, 1.82) is 0 Å². The fourth-order valence-corrected chi connectivity index (χ4v) is 2.12. The minimum absolute atomic E-state index is 0.0449. The highest BCUT2D eigenvalue weighted by Crippen LogP contribution is 2.33. The van der Waals surface area contributed by atoms with E-state index in [0.29, 0.717) is 6.54 Å². The fourth-order valence-electron chi connectivity index (χ4n) is 1.65. The van der Waals surface area contributed by atoms with Crippen LogP contribution < -0.4 is 4.90 Å². The van der Waals surface area contributed by atoms with E-state index in [1.165, 1.54) is 4.90 Å². The molecule has 1 atom stereocenters. The molecule has 6 heteroatoms. The number of amides is 1. The molecule has 0 aromatic heterocycles. The van der Waals surface area contributed by atoms with Crippen molar-refractivity contribution in [1.82, 2.24) is 0 Å². The zero-order valence-electron chi connectivity index (χ0n) is 8.15. The highest BCUT2D eigenvalue weighted by molar-refractivity contribution is 7.81. The number of thiol groups is 1. The van der Waals surface area contributed by atoms with Crippen LogP contribution in [-0.2, 0) is 4.79 Å². The van der Waals surface area contributed by atoms with Crippen molar-refractivity contribution < 1.29 is 14.3 Å². The van der Waals surface area contributed by atoms with Gasteiger partial charge in [0.15, 0.2) is 0 Å².